The predicted octanol–water partition coefficient (Wildman–Crippen LogP) is 4.70. The van der Waals surface area contributed by atoms with Gasteiger partial charge in [-0.15, -0.1) is 11.3 Å². The van der Waals surface area contributed by atoms with Gasteiger partial charge >= 0.3 is 0 Å². The number of thiazole rings is 1. The molecular formula is C20H20N2O2S. The van der Waals surface area contributed by atoms with Crippen molar-refractivity contribution in [2.75, 3.05) is 11.9 Å². The highest BCUT2D eigenvalue weighted by Gasteiger charge is 2.09. The van der Waals surface area contributed by atoms with Crippen LogP contribution in [0, 0.1) is 6.92 Å². The Labute approximate surface area is 151 Å². The molecule has 0 aliphatic heterocycles. The highest BCUT2D eigenvalue weighted by molar-refractivity contribution is 7.14. The molecule has 0 atom stereocenters. The minimum Gasteiger partial charge on any atom is -0.484 e. The average molecular weight is 352 g/mol. The molecule has 128 valence electrons. The third kappa shape index (κ3) is 4.67. The van der Waals surface area contributed by atoms with Gasteiger partial charge < -0.3 is 4.74 Å². The smallest absolute Gasteiger partial charge is 0.264 e. The van der Waals surface area contributed by atoms with Crippen molar-refractivity contribution in [3.05, 3.63) is 65.0 Å². The van der Waals surface area contributed by atoms with Crippen LogP contribution in [-0.2, 0) is 11.2 Å². The second-order valence-corrected chi connectivity index (χ2v) is 6.60. The van der Waals surface area contributed by atoms with Gasteiger partial charge in [0.1, 0.15) is 5.75 Å². The van der Waals surface area contributed by atoms with Crippen LogP contribution in [0.1, 0.15) is 18.1 Å². The second-order valence-electron chi connectivity index (χ2n) is 5.74. The monoisotopic (exact) mass is 352 g/mol. The number of carbonyl (C=O) groups excluding carboxylic acids is 1. The van der Waals surface area contributed by atoms with Gasteiger partial charge in [-0.1, -0.05) is 48.9 Å². The molecule has 3 aromatic rings. The maximum atomic E-state index is 12.1. The number of nitrogens with one attached hydrogen (secondary N) is 1. The van der Waals surface area contributed by atoms with Crippen LogP contribution in [0.2, 0.25) is 0 Å². The Balaban J connectivity index is 1.57. The molecule has 1 aromatic heterocycles. The number of carbonyl (C=O) groups is 1. The highest BCUT2D eigenvalue weighted by atomic mass is 32.1. The van der Waals surface area contributed by atoms with Gasteiger partial charge in [0.2, 0.25) is 0 Å². The zero-order valence-corrected chi connectivity index (χ0v) is 15.1. The summed E-state index contributed by atoms with van der Waals surface area (Å²) in [6.07, 6.45) is 0.935. The molecule has 0 saturated heterocycles. The van der Waals surface area contributed by atoms with Crippen molar-refractivity contribution in [3.8, 4) is 17.0 Å². The third-order valence-electron chi connectivity index (χ3n) is 3.77. The van der Waals surface area contributed by atoms with Gasteiger partial charge in [0, 0.05) is 10.9 Å². The minimum absolute atomic E-state index is 0.0351. The first kappa shape index (κ1) is 17.2. The fourth-order valence-electron chi connectivity index (χ4n) is 2.35. The first-order chi connectivity index (χ1) is 12.1. The topological polar surface area (TPSA) is 51.2 Å². The molecule has 4 nitrogen and oxygen atoms in total. The minimum atomic E-state index is -0.216. The van der Waals surface area contributed by atoms with Crippen LogP contribution in [-0.4, -0.2) is 17.5 Å². The van der Waals surface area contributed by atoms with Crippen molar-refractivity contribution in [2.45, 2.75) is 20.3 Å². The van der Waals surface area contributed by atoms with Crippen LogP contribution < -0.4 is 10.1 Å². The molecule has 0 saturated carbocycles. The van der Waals surface area contributed by atoms with Crippen molar-refractivity contribution in [2.24, 2.45) is 0 Å². The summed E-state index contributed by atoms with van der Waals surface area (Å²) in [5, 5.41) is 5.30. The van der Waals surface area contributed by atoms with E-state index < -0.39 is 0 Å². The normalized spacial score (nSPS) is 10.5. The first-order valence-corrected chi connectivity index (χ1v) is 9.06. The Morgan fingerprint density at radius 3 is 2.76 bits per heavy atom. The Kier molecular flexibility index (Phi) is 5.46. The van der Waals surface area contributed by atoms with Gasteiger partial charge in [0.15, 0.2) is 11.7 Å². The molecule has 1 heterocycles. The number of rotatable bonds is 6. The molecule has 0 radical (unpaired) electrons. The number of nitrogens with zero attached hydrogens (tertiary/aromatic N) is 1. The SMILES string of the molecule is CCc1cccc(OCC(=O)Nc2nc(-c3ccc(C)cc3)cs2)c1. The lowest BCUT2D eigenvalue weighted by atomic mass is 10.1. The Morgan fingerprint density at radius 1 is 1.20 bits per heavy atom. The maximum Gasteiger partial charge on any atom is 0.264 e. The van der Waals surface area contributed by atoms with Crippen LogP contribution in [0.5, 0.6) is 5.75 Å². The van der Waals surface area contributed by atoms with Crippen LogP contribution in [0.3, 0.4) is 0 Å². The standard InChI is InChI=1S/C20H20N2O2S/c1-3-15-5-4-6-17(11-15)24-12-19(23)22-20-21-18(13-25-20)16-9-7-14(2)8-10-16/h4-11,13H,3,12H2,1-2H3,(H,21,22,23). The predicted molar refractivity (Wildman–Crippen MR) is 102 cm³/mol. The van der Waals surface area contributed by atoms with Crippen LogP contribution in [0.4, 0.5) is 5.13 Å². The summed E-state index contributed by atoms with van der Waals surface area (Å²) < 4.78 is 5.55. The van der Waals surface area contributed by atoms with Crippen LogP contribution in [0.15, 0.2) is 53.9 Å². The zero-order chi connectivity index (χ0) is 17.6. The van der Waals surface area contributed by atoms with Crippen molar-refractivity contribution in [3.63, 3.8) is 0 Å². The van der Waals surface area contributed by atoms with E-state index in [1.807, 2.05) is 60.8 Å². The van der Waals surface area contributed by atoms with Crippen molar-refractivity contribution in [1.29, 1.82) is 0 Å². The summed E-state index contributed by atoms with van der Waals surface area (Å²) in [7, 11) is 0. The lowest BCUT2D eigenvalue weighted by molar-refractivity contribution is -0.118. The average Bonchev–Trinajstić information content (AvgIpc) is 3.09. The molecule has 0 aliphatic carbocycles. The summed E-state index contributed by atoms with van der Waals surface area (Å²) in [5.74, 6) is 0.487. The molecule has 2 aromatic carbocycles. The number of ether oxygens (including phenoxy) is 1. The summed E-state index contributed by atoms with van der Waals surface area (Å²) in [6.45, 7) is 4.10. The fourth-order valence-corrected chi connectivity index (χ4v) is 3.08. The van der Waals surface area contributed by atoms with Gasteiger partial charge in [-0.2, -0.15) is 0 Å². The van der Waals surface area contributed by atoms with Gasteiger partial charge in [-0.05, 0) is 31.0 Å². The Hall–Kier alpha value is -2.66. The number of anilines is 1. The van der Waals surface area contributed by atoms with Gasteiger partial charge in [0.05, 0.1) is 5.69 Å². The molecule has 0 unspecified atom stereocenters. The number of hydrogen-bond acceptors (Lipinski definition) is 4. The first-order valence-electron chi connectivity index (χ1n) is 8.18. The van der Waals surface area contributed by atoms with E-state index in [-0.39, 0.29) is 12.5 Å². The molecule has 1 N–H and O–H groups in total. The largest absolute Gasteiger partial charge is 0.484 e. The zero-order valence-electron chi connectivity index (χ0n) is 14.3. The molecule has 0 spiro atoms. The summed E-state index contributed by atoms with van der Waals surface area (Å²) in [6, 6.07) is 15.9. The van der Waals surface area contributed by atoms with E-state index in [1.165, 1.54) is 22.5 Å². The summed E-state index contributed by atoms with van der Waals surface area (Å²) in [4.78, 5) is 16.5. The van der Waals surface area contributed by atoms with Gasteiger partial charge in [-0.3, -0.25) is 10.1 Å². The van der Waals surface area contributed by atoms with E-state index in [9.17, 15) is 4.79 Å². The quantitative estimate of drug-likeness (QED) is 0.700. The molecule has 0 aliphatic rings. The van der Waals surface area contributed by atoms with E-state index in [0.717, 1.165) is 17.7 Å². The number of aryl methyl sites for hydroxylation is 2. The highest BCUT2D eigenvalue weighted by Crippen LogP contribution is 2.25. The molecule has 25 heavy (non-hydrogen) atoms. The second kappa shape index (κ2) is 7.94. The number of benzene rings is 2. The molecule has 1 amide bonds. The van der Waals surface area contributed by atoms with E-state index in [1.54, 1.807) is 0 Å². The van der Waals surface area contributed by atoms with Crippen LogP contribution >= 0.6 is 11.3 Å². The number of amides is 1. The Morgan fingerprint density at radius 2 is 2.00 bits per heavy atom. The van der Waals surface area contributed by atoms with Crippen LogP contribution in [0.25, 0.3) is 11.3 Å². The van der Waals surface area contributed by atoms with Gasteiger partial charge in [-0.25, -0.2) is 4.98 Å². The summed E-state index contributed by atoms with van der Waals surface area (Å²) >= 11 is 1.41. The Bertz CT molecular complexity index is 856. The lowest BCUT2D eigenvalue weighted by Gasteiger charge is -2.07. The van der Waals surface area contributed by atoms with E-state index in [0.29, 0.717) is 10.9 Å². The molecule has 3 rings (SSSR count). The fraction of sp³-hybridized carbons (Fsp3) is 0.200. The maximum absolute atomic E-state index is 12.1. The number of aromatic nitrogens is 1. The molecule has 0 bridgehead atoms. The molecular weight excluding hydrogens is 332 g/mol. The van der Waals surface area contributed by atoms with Crippen molar-refractivity contribution < 1.29 is 9.53 Å². The van der Waals surface area contributed by atoms with Crippen molar-refractivity contribution >= 4 is 22.4 Å². The molecule has 5 heteroatoms. The van der Waals surface area contributed by atoms with Crippen molar-refractivity contribution in [1.82, 2.24) is 4.98 Å². The van der Waals surface area contributed by atoms with E-state index in [4.69, 9.17) is 4.74 Å². The van der Waals surface area contributed by atoms with E-state index in [2.05, 4.69) is 17.2 Å². The number of hydrogen-bond donors (Lipinski definition) is 1. The molecule has 0 fully saturated rings. The van der Waals surface area contributed by atoms with Gasteiger partial charge in [0.25, 0.3) is 5.91 Å². The third-order valence-corrected chi connectivity index (χ3v) is 4.53. The lowest BCUT2D eigenvalue weighted by Crippen LogP contribution is -2.20. The summed E-state index contributed by atoms with van der Waals surface area (Å²) in [5.41, 5.74) is 4.28. The van der Waals surface area contributed by atoms with E-state index >= 15 is 0 Å².